The van der Waals surface area contributed by atoms with Crippen molar-refractivity contribution in [1.82, 2.24) is 4.90 Å². The molecule has 1 saturated carbocycles. The van der Waals surface area contributed by atoms with Crippen LogP contribution >= 0.6 is 0 Å². The Morgan fingerprint density at radius 3 is 2.62 bits per heavy atom. The van der Waals surface area contributed by atoms with E-state index in [4.69, 9.17) is 5.14 Å². The molecular weight excluding hydrogens is 295 g/mol. The van der Waals surface area contributed by atoms with Crippen molar-refractivity contribution >= 4 is 15.9 Å². The molecule has 1 aliphatic carbocycles. The van der Waals surface area contributed by atoms with Gasteiger partial charge < -0.3 is 4.90 Å². The first kappa shape index (κ1) is 15.9. The summed E-state index contributed by atoms with van der Waals surface area (Å²) in [6.45, 7) is 3.02. The summed E-state index contributed by atoms with van der Waals surface area (Å²) < 4.78 is 36.6. The molecule has 0 heterocycles. The molecule has 1 aromatic rings. The highest BCUT2D eigenvalue weighted by atomic mass is 32.2. The lowest BCUT2D eigenvalue weighted by Gasteiger charge is -2.23. The summed E-state index contributed by atoms with van der Waals surface area (Å²) >= 11 is 0. The minimum Gasteiger partial charge on any atom is -0.338 e. The Morgan fingerprint density at radius 1 is 1.43 bits per heavy atom. The zero-order valence-electron chi connectivity index (χ0n) is 11.9. The van der Waals surface area contributed by atoms with Crippen LogP contribution in [0.1, 0.15) is 36.5 Å². The minimum atomic E-state index is -4.07. The Hall–Kier alpha value is -1.47. The highest BCUT2D eigenvalue weighted by molar-refractivity contribution is 7.89. The third kappa shape index (κ3) is 4.01. The van der Waals surface area contributed by atoms with Crippen LogP contribution in [0.3, 0.4) is 0 Å². The zero-order valence-corrected chi connectivity index (χ0v) is 12.7. The Labute approximate surface area is 124 Å². The first-order valence-corrected chi connectivity index (χ1v) is 8.49. The van der Waals surface area contributed by atoms with Gasteiger partial charge in [-0.1, -0.05) is 6.92 Å². The van der Waals surface area contributed by atoms with Crippen LogP contribution in [0.15, 0.2) is 23.1 Å². The molecule has 7 heteroatoms. The molecule has 1 aliphatic rings. The highest BCUT2D eigenvalue weighted by Crippen LogP contribution is 2.30. The van der Waals surface area contributed by atoms with Gasteiger partial charge >= 0.3 is 0 Å². The summed E-state index contributed by atoms with van der Waals surface area (Å²) in [6.07, 6.45) is 2.88. The first-order chi connectivity index (χ1) is 9.82. The number of benzene rings is 1. The van der Waals surface area contributed by atoms with E-state index in [1.54, 1.807) is 4.90 Å². The van der Waals surface area contributed by atoms with Crippen molar-refractivity contribution in [1.29, 1.82) is 0 Å². The summed E-state index contributed by atoms with van der Waals surface area (Å²) in [6, 6.07) is 2.97. The van der Waals surface area contributed by atoms with E-state index in [-0.39, 0.29) is 10.5 Å². The number of hydrogen-bond donors (Lipinski definition) is 1. The second-order valence-corrected chi connectivity index (χ2v) is 6.91. The third-order valence-corrected chi connectivity index (χ3v) is 4.40. The molecule has 2 rings (SSSR count). The summed E-state index contributed by atoms with van der Waals surface area (Å²) in [4.78, 5) is 13.8. The summed E-state index contributed by atoms with van der Waals surface area (Å²) in [5.74, 6) is -0.673. The van der Waals surface area contributed by atoms with Gasteiger partial charge in [-0.25, -0.2) is 17.9 Å². The predicted molar refractivity (Wildman–Crippen MR) is 76.7 cm³/mol. The van der Waals surface area contributed by atoms with Gasteiger partial charge in [-0.15, -0.1) is 0 Å². The van der Waals surface area contributed by atoms with Crippen LogP contribution in [0, 0.1) is 11.7 Å². The van der Waals surface area contributed by atoms with E-state index >= 15 is 0 Å². The molecular formula is C14H19FN2O3S. The van der Waals surface area contributed by atoms with Gasteiger partial charge in [-0.3, -0.25) is 4.79 Å². The lowest BCUT2D eigenvalue weighted by atomic mass is 10.1. The molecule has 0 aliphatic heterocycles. The van der Waals surface area contributed by atoms with Crippen molar-refractivity contribution < 1.29 is 17.6 Å². The summed E-state index contributed by atoms with van der Waals surface area (Å²) in [5.41, 5.74) is -0.188. The molecule has 2 N–H and O–H groups in total. The topological polar surface area (TPSA) is 80.5 Å². The normalized spacial score (nSPS) is 15.0. The van der Waals surface area contributed by atoms with Crippen LogP contribution in [-0.4, -0.2) is 32.3 Å². The van der Waals surface area contributed by atoms with E-state index in [2.05, 4.69) is 0 Å². The van der Waals surface area contributed by atoms with Crippen LogP contribution < -0.4 is 5.14 Å². The number of sulfonamides is 1. The predicted octanol–water partition coefficient (Wildman–Crippen LogP) is 1.74. The average Bonchev–Trinajstić information content (AvgIpc) is 3.20. The molecule has 1 fully saturated rings. The molecule has 5 nitrogen and oxygen atoms in total. The number of nitrogens with zero attached hydrogens (tertiary/aromatic N) is 1. The van der Waals surface area contributed by atoms with Crippen molar-refractivity contribution in [2.24, 2.45) is 11.1 Å². The van der Waals surface area contributed by atoms with Gasteiger partial charge in [-0.05, 0) is 43.4 Å². The van der Waals surface area contributed by atoms with Gasteiger partial charge in [0, 0.05) is 13.1 Å². The maximum atomic E-state index is 13.4. The second-order valence-electron chi connectivity index (χ2n) is 5.38. The third-order valence-electron chi connectivity index (χ3n) is 3.43. The molecule has 0 saturated heterocycles. The van der Waals surface area contributed by atoms with Gasteiger partial charge in [0.05, 0.1) is 10.5 Å². The van der Waals surface area contributed by atoms with Crippen molar-refractivity contribution in [3.63, 3.8) is 0 Å². The Balaban J connectivity index is 2.37. The van der Waals surface area contributed by atoms with E-state index in [9.17, 15) is 17.6 Å². The van der Waals surface area contributed by atoms with Gasteiger partial charge in [0.1, 0.15) is 5.82 Å². The lowest BCUT2D eigenvalue weighted by molar-refractivity contribution is 0.0743. The number of halogens is 1. The van der Waals surface area contributed by atoms with E-state index in [1.807, 2.05) is 6.92 Å². The second kappa shape index (κ2) is 6.11. The average molecular weight is 314 g/mol. The molecule has 1 aromatic carbocycles. The molecule has 21 heavy (non-hydrogen) atoms. The Bertz CT molecular complexity index is 642. The lowest BCUT2D eigenvalue weighted by Crippen LogP contribution is -2.35. The fourth-order valence-electron chi connectivity index (χ4n) is 2.25. The van der Waals surface area contributed by atoms with Crippen LogP contribution in [0.4, 0.5) is 4.39 Å². The smallest absolute Gasteiger partial charge is 0.255 e. The molecule has 0 spiro atoms. The van der Waals surface area contributed by atoms with E-state index in [0.717, 1.165) is 37.5 Å². The minimum absolute atomic E-state index is 0.188. The quantitative estimate of drug-likeness (QED) is 0.868. The SMILES string of the molecule is CCCN(CC1CC1)C(=O)c1cc(F)ccc1S(N)(=O)=O. The van der Waals surface area contributed by atoms with E-state index in [0.29, 0.717) is 19.0 Å². The Kier molecular flexibility index (Phi) is 4.63. The van der Waals surface area contributed by atoms with Gasteiger partial charge in [-0.2, -0.15) is 0 Å². The van der Waals surface area contributed by atoms with Crippen molar-refractivity contribution in [2.45, 2.75) is 31.1 Å². The van der Waals surface area contributed by atoms with Crippen LogP contribution in [-0.2, 0) is 10.0 Å². The largest absolute Gasteiger partial charge is 0.338 e. The Morgan fingerprint density at radius 2 is 2.10 bits per heavy atom. The fourth-order valence-corrected chi connectivity index (χ4v) is 2.96. The van der Waals surface area contributed by atoms with Gasteiger partial charge in [0.2, 0.25) is 10.0 Å². The number of nitrogens with two attached hydrogens (primary N) is 1. The molecule has 0 aromatic heterocycles. The molecule has 0 radical (unpaired) electrons. The number of primary sulfonamides is 1. The maximum Gasteiger partial charge on any atom is 0.255 e. The van der Waals surface area contributed by atoms with Crippen molar-refractivity contribution in [3.05, 3.63) is 29.6 Å². The van der Waals surface area contributed by atoms with Crippen molar-refractivity contribution in [3.8, 4) is 0 Å². The molecule has 0 unspecified atom stereocenters. The van der Waals surface area contributed by atoms with Crippen LogP contribution in [0.5, 0.6) is 0 Å². The first-order valence-electron chi connectivity index (χ1n) is 6.94. The van der Waals surface area contributed by atoms with Gasteiger partial charge in [0.15, 0.2) is 0 Å². The van der Waals surface area contributed by atoms with Crippen molar-refractivity contribution in [2.75, 3.05) is 13.1 Å². The van der Waals surface area contributed by atoms with E-state index < -0.39 is 21.7 Å². The molecule has 0 atom stereocenters. The molecule has 1 amide bonds. The molecule has 0 bridgehead atoms. The maximum absolute atomic E-state index is 13.4. The number of hydrogen-bond acceptors (Lipinski definition) is 3. The van der Waals surface area contributed by atoms with Gasteiger partial charge in [0.25, 0.3) is 5.91 Å². The summed E-state index contributed by atoms with van der Waals surface area (Å²) in [7, 11) is -4.07. The number of amides is 1. The standard InChI is InChI=1S/C14H19FN2O3S/c1-2-7-17(9-10-3-4-10)14(18)12-8-11(15)5-6-13(12)21(16,19)20/h5-6,8,10H,2-4,7,9H2,1H3,(H2,16,19,20). The summed E-state index contributed by atoms with van der Waals surface area (Å²) in [5, 5.41) is 5.11. The number of rotatable bonds is 6. The zero-order chi connectivity index (χ0) is 15.6. The number of carbonyl (C=O) groups is 1. The fraction of sp³-hybridized carbons (Fsp3) is 0.500. The number of carbonyl (C=O) groups excluding carboxylic acids is 1. The molecule has 116 valence electrons. The highest BCUT2D eigenvalue weighted by Gasteiger charge is 2.29. The monoisotopic (exact) mass is 314 g/mol. The van der Waals surface area contributed by atoms with Crippen LogP contribution in [0.25, 0.3) is 0 Å². The van der Waals surface area contributed by atoms with E-state index in [1.165, 1.54) is 0 Å². The van der Waals surface area contributed by atoms with Crippen LogP contribution in [0.2, 0.25) is 0 Å².